The number of anilines is 1. The summed E-state index contributed by atoms with van der Waals surface area (Å²) >= 11 is 9.10. The Balaban J connectivity index is 1.93. The highest BCUT2D eigenvalue weighted by atomic mass is 35.5. The summed E-state index contributed by atoms with van der Waals surface area (Å²) in [7, 11) is 0. The number of para-hydroxylation sites is 1. The molecule has 1 atom stereocenters. The molecule has 0 fully saturated rings. The van der Waals surface area contributed by atoms with Crippen LogP contribution >= 0.6 is 34.7 Å². The minimum Gasteiger partial charge on any atom is -0.325 e. The molecule has 1 N–H and O–H groups in total. The topological polar surface area (TPSA) is 29.1 Å². The molecule has 1 amide bonds. The molecular weight excluding hydrogens is 322 g/mol. The molecule has 0 saturated heterocycles. The standard InChI is InChI=1S/C16H18ClNOS2/c1-10-5-4-6-11(2)15(10)18-16(19)12(3)20-9-13-7-8-14(17)21-13/h4-8,12H,9H2,1-3H3,(H,18,19). The first-order valence-corrected chi connectivity index (χ1v) is 8.94. The van der Waals surface area contributed by atoms with E-state index in [1.165, 1.54) is 4.88 Å². The maximum Gasteiger partial charge on any atom is 0.237 e. The summed E-state index contributed by atoms with van der Waals surface area (Å²) in [6.45, 7) is 5.95. The molecular formula is C16H18ClNOS2. The Hall–Kier alpha value is -0.970. The van der Waals surface area contributed by atoms with Crippen LogP contribution in [0, 0.1) is 13.8 Å². The number of carbonyl (C=O) groups is 1. The summed E-state index contributed by atoms with van der Waals surface area (Å²) in [5, 5.41) is 2.93. The van der Waals surface area contributed by atoms with Gasteiger partial charge in [0.15, 0.2) is 0 Å². The van der Waals surface area contributed by atoms with Crippen LogP contribution in [-0.2, 0) is 10.5 Å². The summed E-state index contributed by atoms with van der Waals surface area (Å²) in [5.41, 5.74) is 3.10. The van der Waals surface area contributed by atoms with E-state index in [1.54, 1.807) is 23.1 Å². The van der Waals surface area contributed by atoms with Crippen molar-refractivity contribution in [2.75, 3.05) is 5.32 Å². The van der Waals surface area contributed by atoms with Crippen molar-refractivity contribution in [3.8, 4) is 0 Å². The van der Waals surface area contributed by atoms with Crippen LogP contribution in [0.4, 0.5) is 5.69 Å². The lowest BCUT2D eigenvalue weighted by molar-refractivity contribution is -0.115. The third-order valence-corrected chi connectivity index (χ3v) is 5.81. The maximum absolute atomic E-state index is 12.3. The van der Waals surface area contributed by atoms with E-state index < -0.39 is 0 Å². The molecule has 0 aliphatic carbocycles. The van der Waals surface area contributed by atoms with E-state index >= 15 is 0 Å². The number of amides is 1. The van der Waals surface area contributed by atoms with E-state index in [2.05, 4.69) is 5.32 Å². The highest BCUT2D eigenvalue weighted by Gasteiger charge is 2.15. The monoisotopic (exact) mass is 339 g/mol. The number of aryl methyl sites for hydroxylation is 2. The predicted octanol–water partition coefficient (Wildman–Crippen LogP) is 5.28. The normalized spacial score (nSPS) is 12.2. The molecule has 2 rings (SSSR count). The lowest BCUT2D eigenvalue weighted by Gasteiger charge is -2.15. The Morgan fingerprint density at radius 3 is 2.52 bits per heavy atom. The fraction of sp³-hybridized carbons (Fsp3) is 0.312. The van der Waals surface area contributed by atoms with Crippen molar-refractivity contribution in [3.63, 3.8) is 0 Å². The maximum atomic E-state index is 12.3. The highest BCUT2D eigenvalue weighted by Crippen LogP contribution is 2.28. The van der Waals surface area contributed by atoms with Gasteiger partial charge in [-0.3, -0.25) is 4.79 Å². The van der Waals surface area contributed by atoms with Crippen molar-refractivity contribution in [1.29, 1.82) is 0 Å². The van der Waals surface area contributed by atoms with Crippen molar-refractivity contribution >= 4 is 46.3 Å². The molecule has 2 nitrogen and oxygen atoms in total. The van der Waals surface area contributed by atoms with Gasteiger partial charge < -0.3 is 5.32 Å². The Morgan fingerprint density at radius 1 is 1.29 bits per heavy atom. The number of halogens is 1. The quantitative estimate of drug-likeness (QED) is 0.803. The molecule has 1 unspecified atom stereocenters. The zero-order valence-corrected chi connectivity index (χ0v) is 14.7. The number of rotatable bonds is 5. The molecule has 0 spiro atoms. The van der Waals surface area contributed by atoms with E-state index in [0.717, 1.165) is 26.9 Å². The summed E-state index contributed by atoms with van der Waals surface area (Å²) in [4.78, 5) is 13.5. The van der Waals surface area contributed by atoms with Gasteiger partial charge in [0.1, 0.15) is 0 Å². The minimum absolute atomic E-state index is 0.0417. The molecule has 112 valence electrons. The van der Waals surface area contributed by atoms with Gasteiger partial charge in [0.2, 0.25) is 5.91 Å². The van der Waals surface area contributed by atoms with Crippen LogP contribution in [0.1, 0.15) is 22.9 Å². The molecule has 5 heteroatoms. The van der Waals surface area contributed by atoms with Crippen molar-refractivity contribution in [1.82, 2.24) is 0 Å². The summed E-state index contributed by atoms with van der Waals surface area (Å²) in [6.07, 6.45) is 0. The Bertz CT molecular complexity index is 619. The number of hydrogen-bond acceptors (Lipinski definition) is 3. The van der Waals surface area contributed by atoms with Crippen molar-refractivity contribution in [3.05, 3.63) is 50.7 Å². The highest BCUT2D eigenvalue weighted by molar-refractivity contribution is 7.99. The summed E-state index contributed by atoms with van der Waals surface area (Å²) in [6, 6.07) is 9.92. The van der Waals surface area contributed by atoms with Gasteiger partial charge in [-0.1, -0.05) is 29.8 Å². The molecule has 0 aliphatic rings. The first-order valence-electron chi connectivity index (χ1n) is 6.70. The SMILES string of the molecule is Cc1cccc(C)c1NC(=O)C(C)SCc1ccc(Cl)s1. The largest absolute Gasteiger partial charge is 0.325 e. The first-order chi connectivity index (χ1) is 9.97. The third kappa shape index (κ3) is 4.50. The number of carbonyl (C=O) groups excluding carboxylic acids is 1. The van der Waals surface area contributed by atoms with Crippen LogP contribution in [0.5, 0.6) is 0 Å². The Kier molecular flexibility index (Phi) is 5.73. The van der Waals surface area contributed by atoms with Gasteiger partial charge in [0.25, 0.3) is 0 Å². The van der Waals surface area contributed by atoms with Gasteiger partial charge >= 0.3 is 0 Å². The van der Waals surface area contributed by atoms with Gasteiger partial charge in [0, 0.05) is 16.3 Å². The van der Waals surface area contributed by atoms with Crippen LogP contribution in [0.3, 0.4) is 0 Å². The molecule has 0 aliphatic heterocycles. The van der Waals surface area contributed by atoms with Crippen LogP contribution in [0.15, 0.2) is 30.3 Å². The lowest BCUT2D eigenvalue weighted by Crippen LogP contribution is -2.23. The van der Waals surface area contributed by atoms with E-state index in [9.17, 15) is 4.79 Å². The van der Waals surface area contributed by atoms with Crippen molar-refractivity contribution in [2.45, 2.75) is 31.8 Å². The van der Waals surface area contributed by atoms with Crippen LogP contribution < -0.4 is 5.32 Å². The van der Waals surface area contributed by atoms with Crippen molar-refractivity contribution < 1.29 is 4.79 Å². The number of thiophene rings is 1. The third-order valence-electron chi connectivity index (χ3n) is 3.20. The molecule has 2 aromatic rings. The Morgan fingerprint density at radius 2 is 1.95 bits per heavy atom. The number of hydrogen-bond donors (Lipinski definition) is 1. The van der Waals surface area contributed by atoms with E-state index in [-0.39, 0.29) is 11.2 Å². The molecule has 1 aromatic heterocycles. The second kappa shape index (κ2) is 7.34. The fourth-order valence-corrected chi connectivity index (χ4v) is 3.99. The summed E-state index contributed by atoms with van der Waals surface area (Å²) < 4.78 is 0.790. The fourth-order valence-electron chi connectivity index (χ4n) is 1.95. The van der Waals surface area contributed by atoms with Gasteiger partial charge in [-0.15, -0.1) is 23.1 Å². The van der Waals surface area contributed by atoms with Gasteiger partial charge in [-0.2, -0.15) is 0 Å². The van der Waals surface area contributed by atoms with Gasteiger partial charge in [-0.25, -0.2) is 0 Å². The lowest BCUT2D eigenvalue weighted by atomic mass is 10.1. The minimum atomic E-state index is -0.107. The Labute approximate surface area is 138 Å². The molecule has 0 bridgehead atoms. The second-order valence-corrected chi connectivity index (χ2v) is 8.04. The van der Waals surface area contributed by atoms with Crippen LogP contribution in [0.25, 0.3) is 0 Å². The van der Waals surface area contributed by atoms with Gasteiger partial charge in [-0.05, 0) is 44.0 Å². The number of benzene rings is 1. The molecule has 0 radical (unpaired) electrons. The zero-order valence-electron chi connectivity index (χ0n) is 12.3. The molecule has 1 aromatic carbocycles. The van der Waals surface area contributed by atoms with Gasteiger partial charge in [0.05, 0.1) is 9.59 Å². The van der Waals surface area contributed by atoms with Crippen LogP contribution in [0.2, 0.25) is 4.34 Å². The smallest absolute Gasteiger partial charge is 0.237 e. The van der Waals surface area contributed by atoms with E-state index in [4.69, 9.17) is 11.6 Å². The average Bonchev–Trinajstić information content (AvgIpc) is 2.86. The first kappa shape index (κ1) is 16.4. The molecule has 0 saturated carbocycles. The summed E-state index contributed by atoms with van der Waals surface area (Å²) in [5.74, 6) is 0.846. The number of thioether (sulfide) groups is 1. The van der Waals surface area contributed by atoms with Crippen LogP contribution in [-0.4, -0.2) is 11.2 Å². The van der Waals surface area contributed by atoms with E-state index in [1.807, 2.05) is 51.1 Å². The molecule has 1 heterocycles. The molecule has 21 heavy (non-hydrogen) atoms. The van der Waals surface area contributed by atoms with E-state index in [0.29, 0.717) is 0 Å². The average molecular weight is 340 g/mol. The van der Waals surface area contributed by atoms with Crippen molar-refractivity contribution in [2.24, 2.45) is 0 Å². The number of nitrogens with one attached hydrogen (secondary N) is 1. The predicted molar refractivity (Wildman–Crippen MR) is 94.6 cm³/mol. The second-order valence-electron chi connectivity index (χ2n) is 4.92. The zero-order chi connectivity index (χ0) is 15.4.